The van der Waals surface area contributed by atoms with Crippen molar-refractivity contribution in [3.8, 4) is 5.75 Å². The van der Waals surface area contributed by atoms with E-state index < -0.39 is 0 Å². The normalized spacial score (nSPS) is 10.1. The molecule has 1 aromatic carbocycles. The third kappa shape index (κ3) is 2.51. The van der Waals surface area contributed by atoms with Gasteiger partial charge in [0, 0.05) is 12.1 Å². The summed E-state index contributed by atoms with van der Waals surface area (Å²) in [5.74, 6) is 0.869. The highest BCUT2D eigenvalue weighted by Crippen LogP contribution is 2.14. The maximum absolute atomic E-state index is 5.58. The minimum atomic E-state index is 0.693. The van der Waals surface area contributed by atoms with Gasteiger partial charge < -0.3 is 10.5 Å². The van der Waals surface area contributed by atoms with Gasteiger partial charge in [-0.3, -0.25) is 4.98 Å². The lowest BCUT2D eigenvalue weighted by atomic mass is 10.1. The fourth-order valence-electron chi connectivity index (χ4n) is 1.49. The highest BCUT2D eigenvalue weighted by atomic mass is 16.5. The van der Waals surface area contributed by atoms with E-state index in [1.54, 1.807) is 13.3 Å². The largest absolute Gasteiger partial charge is 0.497 e. The van der Waals surface area contributed by atoms with Gasteiger partial charge in [-0.15, -0.1) is 0 Å². The summed E-state index contributed by atoms with van der Waals surface area (Å²) < 4.78 is 5.10. The smallest absolute Gasteiger partial charge is 0.118 e. The molecule has 0 fully saturated rings. The number of hydrogen-bond donors (Lipinski definition) is 1. The van der Waals surface area contributed by atoms with Crippen LogP contribution in [-0.4, -0.2) is 12.1 Å². The van der Waals surface area contributed by atoms with E-state index in [2.05, 4.69) is 4.98 Å². The van der Waals surface area contributed by atoms with Crippen LogP contribution in [0.2, 0.25) is 0 Å². The van der Waals surface area contributed by atoms with Gasteiger partial charge in [-0.1, -0.05) is 12.1 Å². The number of nitrogen functional groups attached to an aromatic ring is 1. The molecule has 3 heteroatoms. The second-order valence-corrected chi connectivity index (χ2v) is 3.61. The molecule has 2 aromatic rings. The molecule has 2 rings (SSSR count). The summed E-state index contributed by atoms with van der Waals surface area (Å²) in [5, 5.41) is 0. The molecule has 0 atom stereocenters. The Bertz CT molecular complexity index is 448. The Morgan fingerprint density at radius 3 is 2.44 bits per heavy atom. The van der Waals surface area contributed by atoms with Crippen LogP contribution < -0.4 is 10.5 Å². The Balaban J connectivity index is 2.11. The van der Waals surface area contributed by atoms with Crippen molar-refractivity contribution in [1.82, 2.24) is 4.98 Å². The number of aromatic nitrogens is 1. The first-order chi connectivity index (χ1) is 7.78. The molecule has 1 aromatic heterocycles. The standard InChI is InChI=1S/C13H14N2O/c1-16-13-6-2-10(3-7-13)8-12-5-4-11(14)9-15-12/h2-7,9H,8,14H2,1H3. The zero-order chi connectivity index (χ0) is 11.4. The Labute approximate surface area is 94.9 Å². The minimum absolute atomic E-state index is 0.693. The number of nitrogens with two attached hydrogens (primary N) is 1. The van der Waals surface area contributed by atoms with Crippen molar-refractivity contribution in [2.45, 2.75) is 6.42 Å². The van der Waals surface area contributed by atoms with E-state index in [9.17, 15) is 0 Å². The maximum atomic E-state index is 5.58. The first-order valence-corrected chi connectivity index (χ1v) is 5.11. The quantitative estimate of drug-likeness (QED) is 0.852. The molecule has 1 heterocycles. The number of benzene rings is 1. The van der Waals surface area contributed by atoms with Crippen LogP contribution in [-0.2, 0) is 6.42 Å². The fraction of sp³-hybridized carbons (Fsp3) is 0.154. The van der Waals surface area contributed by atoms with Crippen molar-refractivity contribution in [3.63, 3.8) is 0 Å². The monoisotopic (exact) mass is 214 g/mol. The summed E-state index contributed by atoms with van der Waals surface area (Å²) in [5.41, 5.74) is 8.49. The van der Waals surface area contributed by atoms with Crippen LogP contribution in [0.4, 0.5) is 5.69 Å². The molecule has 0 radical (unpaired) electrons. The molecule has 0 aliphatic rings. The maximum Gasteiger partial charge on any atom is 0.118 e. The van der Waals surface area contributed by atoms with E-state index in [4.69, 9.17) is 10.5 Å². The second kappa shape index (κ2) is 4.66. The molecule has 0 amide bonds. The Morgan fingerprint density at radius 1 is 1.12 bits per heavy atom. The number of pyridine rings is 1. The van der Waals surface area contributed by atoms with Gasteiger partial charge >= 0.3 is 0 Å². The molecule has 0 saturated carbocycles. The minimum Gasteiger partial charge on any atom is -0.497 e. The average Bonchev–Trinajstić information content (AvgIpc) is 2.33. The van der Waals surface area contributed by atoms with E-state index in [1.807, 2.05) is 36.4 Å². The zero-order valence-corrected chi connectivity index (χ0v) is 9.18. The van der Waals surface area contributed by atoms with Gasteiger partial charge in [-0.05, 0) is 29.8 Å². The highest BCUT2D eigenvalue weighted by molar-refractivity contribution is 5.36. The van der Waals surface area contributed by atoms with Crippen molar-refractivity contribution in [2.75, 3.05) is 12.8 Å². The molecule has 0 aliphatic heterocycles. The second-order valence-electron chi connectivity index (χ2n) is 3.61. The van der Waals surface area contributed by atoms with E-state index >= 15 is 0 Å². The number of methoxy groups -OCH3 is 1. The summed E-state index contributed by atoms with van der Waals surface area (Å²) in [7, 11) is 1.66. The number of ether oxygens (including phenoxy) is 1. The van der Waals surface area contributed by atoms with Gasteiger partial charge in [-0.2, -0.15) is 0 Å². The summed E-state index contributed by atoms with van der Waals surface area (Å²) in [6.45, 7) is 0. The van der Waals surface area contributed by atoms with Crippen LogP contribution >= 0.6 is 0 Å². The first-order valence-electron chi connectivity index (χ1n) is 5.11. The van der Waals surface area contributed by atoms with Crippen molar-refractivity contribution in [3.05, 3.63) is 53.9 Å². The summed E-state index contributed by atoms with van der Waals surface area (Å²) in [6, 6.07) is 11.8. The molecular formula is C13H14N2O. The topological polar surface area (TPSA) is 48.1 Å². The lowest BCUT2D eigenvalue weighted by Crippen LogP contribution is -1.94. The third-order valence-corrected chi connectivity index (χ3v) is 2.39. The van der Waals surface area contributed by atoms with Crippen LogP contribution in [0.25, 0.3) is 0 Å². The van der Waals surface area contributed by atoms with Crippen LogP contribution in [0, 0.1) is 0 Å². The molecule has 0 spiro atoms. The van der Waals surface area contributed by atoms with Crippen molar-refractivity contribution >= 4 is 5.69 Å². The molecular weight excluding hydrogens is 200 g/mol. The molecule has 16 heavy (non-hydrogen) atoms. The zero-order valence-electron chi connectivity index (χ0n) is 9.18. The molecule has 2 N–H and O–H groups in total. The summed E-state index contributed by atoms with van der Waals surface area (Å²) in [6.07, 6.45) is 2.49. The van der Waals surface area contributed by atoms with E-state index in [0.717, 1.165) is 17.9 Å². The lowest BCUT2D eigenvalue weighted by molar-refractivity contribution is 0.414. The van der Waals surface area contributed by atoms with E-state index in [-0.39, 0.29) is 0 Å². The van der Waals surface area contributed by atoms with E-state index in [1.165, 1.54) is 5.56 Å². The summed E-state index contributed by atoms with van der Waals surface area (Å²) in [4.78, 5) is 4.26. The van der Waals surface area contributed by atoms with Gasteiger partial charge in [0.05, 0.1) is 19.0 Å². The SMILES string of the molecule is COc1ccc(Cc2ccc(N)cn2)cc1. The Kier molecular flexibility index (Phi) is 3.05. The number of rotatable bonds is 3. The highest BCUT2D eigenvalue weighted by Gasteiger charge is 1.98. The molecule has 0 bridgehead atoms. The van der Waals surface area contributed by atoms with Crippen molar-refractivity contribution in [2.24, 2.45) is 0 Å². The molecule has 0 aliphatic carbocycles. The molecule has 3 nitrogen and oxygen atoms in total. The van der Waals surface area contributed by atoms with Crippen molar-refractivity contribution in [1.29, 1.82) is 0 Å². The fourth-order valence-corrected chi connectivity index (χ4v) is 1.49. The lowest BCUT2D eigenvalue weighted by Gasteiger charge is -2.03. The molecule has 82 valence electrons. The predicted molar refractivity (Wildman–Crippen MR) is 64.4 cm³/mol. The Morgan fingerprint density at radius 2 is 1.88 bits per heavy atom. The van der Waals surface area contributed by atoms with E-state index in [0.29, 0.717) is 5.69 Å². The number of hydrogen-bond acceptors (Lipinski definition) is 3. The van der Waals surface area contributed by atoms with Gasteiger partial charge in [0.1, 0.15) is 5.75 Å². The Hall–Kier alpha value is -2.03. The first kappa shape index (κ1) is 10.5. The number of nitrogens with zero attached hydrogens (tertiary/aromatic N) is 1. The molecule has 0 saturated heterocycles. The number of anilines is 1. The van der Waals surface area contributed by atoms with Crippen LogP contribution in [0.5, 0.6) is 5.75 Å². The van der Waals surface area contributed by atoms with Gasteiger partial charge in [0.2, 0.25) is 0 Å². The van der Waals surface area contributed by atoms with Crippen LogP contribution in [0.15, 0.2) is 42.6 Å². The van der Waals surface area contributed by atoms with Gasteiger partial charge in [0.15, 0.2) is 0 Å². The van der Waals surface area contributed by atoms with Crippen LogP contribution in [0.3, 0.4) is 0 Å². The van der Waals surface area contributed by atoms with Gasteiger partial charge in [-0.25, -0.2) is 0 Å². The molecule has 0 unspecified atom stereocenters. The van der Waals surface area contributed by atoms with Gasteiger partial charge in [0.25, 0.3) is 0 Å². The predicted octanol–water partition coefficient (Wildman–Crippen LogP) is 2.26. The summed E-state index contributed by atoms with van der Waals surface area (Å²) >= 11 is 0. The third-order valence-electron chi connectivity index (χ3n) is 2.39. The average molecular weight is 214 g/mol. The van der Waals surface area contributed by atoms with Crippen LogP contribution in [0.1, 0.15) is 11.3 Å². The van der Waals surface area contributed by atoms with Crippen molar-refractivity contribution < 1.29 is 4.74 Å².